The molecule has 144 valence electrons. The number of hydrogen-bond acceptors (Lipinski definition) is 6. The SMILES string of the molecule is N#CCNC(=O)C(CSCc1ccc([N+](=O)[O-])cc1)c1ccccc1C(N)=O. The number of nitro benzene ring substituents is 1. The largest absolute Gasteiger partial charge is 0.366 e. The van der Waals surface area contributed by atoms with Gasteiger partial charge in [0.15, 0.2) is 0 Å². The van der Waals surface area contributed by atoms with Gasteiger partial charge in [0.2, 0.25) is 11.8 Å². The molecule has 0 bridgehead atoms. The van der Waals surface area contributed by atoms with Gasteiger partial charge in [0.25, 0.3) is 5.69 Å². The summed E-state index contributed by atoms with van der Waals surface area (Å²) in [6, 6.07) is 14.6. The number of carbonyl (C=O) groups excluding carboxylic acids is 2. The summed E-state index contributed by atoms with van der Waals surface area (Å²) in [7, 11) is 0. The number of rotatable bonds is 9. The van der Waals surface area contributed by atoms with Crippen molar-refractivity contribution in [2.24, 2.45) is 5.73 Å². The first-order valence-corrected chi connectivity index (χ1v) is 9.44. The number of carbonyl (C=O) groups is 2. The Morgan fingerprint density at radius 3 is 2.50 bits per heavy atom. The summed E-state index contributed by atoms with van der Waals surface area (Å²) in [6.07, 6.45) is 0. The molecule has 8 nitrogen and oxygen atoms in total. The van der Waals surface area contributed by atoms with E-state index in [4.69, 9.17) is 11.0 Å². The molecule has 0 heterocycles. The molecule has 1 unspecified atom stereocenters. The Balaban J connectivity index is 2.14. The first kappa shape index (κ1) is 20.9. The van der Waals surface area contributed by atoms with Gasteiger partial charge in [-0.15, -0.1) is 0 Å². The fourth-order valence-corrected chi connectivity index (χ4v) is 3.70. The Hall–Kier alpha value is -3.38. The van der Waals surface area contributed by atoms with Gasteiger partial charge >= 0.3 is 0 Å². The first-order valence-electron chi connectivity index (χ1n) is 8.28. The molecule has 0 aliphatic heterocycles. The average molecular weight is 398 g/mol. The van der Waals surface area contributed by atoms with Crippen LogP contribution in [0.1, 0.15) is 27.4 Å². The molecule has 2 rings (SSSR count). The van der Waals surface area contributed by atoms with Gasteiger partial charge in [-0.1, -0.05) is 30.3 Å². The maximum atomic E-state index is 12.5. The van der Waals surface area contributed by atoms with Crippen molar-refractivity contribution in [3.05, 3.63) is 75.3 Å². The van der Waals surface area contributed by atoms with Gasteiger partial charge in [0.1, 0.15) is 6.54 Å². The third-order valence-corrected chi connectivity index (χ3v) is 5.07. The van der Waals surface area contributed by atoms with Crippen molar-refractivity contribution >= 4 is 29.3 Å². The standard InChI is InChI=1S/C19H18N4O4S/c20-9-10-22-19(25)17(15-3-1-2-4-16(15)18(21)24)12-28-11-13-5-7-14(8-6-13)23(26)27/h1-8,17H,10-12H2,(H2,21,24)(H,22,25). The van der Waals surface area contributed by atoms with Crippen LogP contribution in [-0.2, 0) is 10.5 Å². The second kappa shape index (κ2) is 10.1. The summed E-state index contributed by atoms with van der Waals surface area (Å²) < 4.78 is 0. The summed E-state index contributed by atoms with van der Waals surface area (Å²) >= 11 is 1.44. The second-order valence-corrected chi connectivity index (χ2v) is 6.85. The fourth-order valence-electron chi connectivity index (χ4n) is 2.59. The Labute approximate surface area is 165 Å². The van der Waals surface area contributed by atoms with Crippen molar-refractivity contribution in [3.8, 4) is 6.07 Å². The minimum absolute atomic E-state index is 0.0119. The first-order chi connectivity index (χ1) is 13.4. The van der Waals surface area contributed by atoms with Crippen molar-refractivity contribution in [2.75, 3.05) is 12.3 Å². The fraction of sp³-hybridized carbons (Fsp3) is 0.211. The number of thioether (sulfide) groups is 1. The minimum Gasteiger partial charge on any atom is -0.366 e. The highest BCUT2D eigenvalue weighted by molar-refractivity contribution is 7.98. The summed E-state index contributed by atoms with van der Waals surface area (Å²) in [4.78, 5) is 34.5. The van der Waals surface area contributed by atoms with E-state index in [1.807, 2.05) is 6.07 Å². The lowest BCUT2D eigenvalue weighted by Crippen LogP contribution is -2.32. The van der Waals surface area contributed by atoms with Crippen molar-refractivity contribution in [1.29, 1.82) is 5.26 Å². The predicted molar refractivity (Wildman–Crippen MR) is 106 cm³/mol. The molecule has 0 aliphatic rings. The lowest BCUT2D eigenvalue weighted by atomic mass is 9.94. The maximum absolute atomic E-state index is 12.5. The second-order valence-electron chi connectivity index (χ2n) is 5.82. The molecule has 0 saturated carbocycles. The van der Waals surface area contributed by atoms with Crippen molar-refractivity contribution in [2.45, 2.75) is 11.7 Å². The van der Waals surface area contributed by atoms with Gasteiger partial charge in [-0.05, 0) is 17.2 Å². The van der Waals surface area contributed by atoms with Crippen molar-refractivity contribution in [1.82, 2.24) is 5.32 Å². The van der Waals surface area contributed by atoms with E-state index in [0.717, 1.165) is 5.56 Å². The summed E-state index contributed by atoms with van der Waals surface area (Å²) in [6.45, 7) is -0.138. The van der Waals surface area contributed by atoms with Crippen LogP contribution in [0.5, 0.6) is 0 Å². The van der Waals surface area contributed by atoms with Crippen LogP contribution in [0.15, 0.2) is 48.5 Å². The third-order valence-electron chi connectivity index (χ3n) is 3.96. The summed E-state index contributed by atoms with van der Waals surface area (Å²) in [5, 5.41) is 21.9. The molecule has 0 aromatic heterocycles. The third kappa shape index (κ3) is 5.56. The number of amides is 2. The van der Waals surface area contributed by atoms with Gasteiger partial charge in [0, 0.05) is 29.2 Å². The van der Waals surface area contributed by atoms with Crippen LogP contribution in [0.2, 0.25) is 0 Å². The van der Waals surface area contributed by atoms with Crippen LogP contribution in [0.3, 0.4) is 0 Å². The molecule has 2 aromatic carbocycles. The molecule has 3 N–H and O–H groups in total. The van der Waals surface area contributed by atoms with Crippen LogP contribution < -0.4 is 11.1 Å². The van der Waals surface area contributed by atoms with Gasteiger partial charge in [-0.25, -0.2) is 0 Å². The predicted octanol–water partition coefficient (Wildman–Crippen LogP) is 2.35. The Morgan fingerprint density at radius 1 is 1.21 bits per heavy atom. The minimum atomic E-state index is -0.667. The smallest absolute Gasteiger partial charge is 0.269 e. The number of nitrogens with zero attached hydrogens (tertiary/aromatic N) is 2. The monoisotopic (exact) mass is 398 g/mol. The van der Waals surface area contributed by atoms with E-state index >= 15 is 0 Å². The molecule has 0 spiro atoms. The number of hydrogen-bond donors (Lipinski definition) is 2. The number of benzene rings is 2. The van der Waals surface area contributed by atoms with Crippen LogP contribution in [0, 0.1) is 21.4 Å². The van der Waals surface area contributed by atoms with E-state index in [-0.39, 0.29) is 23.7 Å². The molecule has 2 amide bonds. The molecule has 0 radical (unpaired) electrons. The molecular weight excluding hydrogens is 380 g/mol. The topological polar surface area (TPSA) is 139 Å². The van der Waals surface area contributed by atoms with E-state index in [0.29, 0.717) is 17.1 Å². The van der Waals surface area contributed by atoms with Gasteiger partial charge in [0.05, 0.1) is 16.9 Å². The lowest BCUT2D eigenvalue weighted by molar-refractivity contribution is -0.384. The van der Waals surface area contributed by atoms with Gasteiger partial charge in [-0.2, -0.15) is 17.0 Å². The highest BCUT2D eigenvalue weighted by atomic mass is 32.2. The van der Waals surface area contributed by atoms with Gasteiger partial charge in [-0.3, -0.25) is 19.7 Å². The molecule has 0 aliphatic carbocycles. The van der Waals surface area contributed by atoms with Crippen molar-refractivity contribution < 1.29 is 14.5 Å². The highest BCUT2D eigenvalue weighted by Crippen LogP contribution is 2.27. The van der Waals surface area contributed by atoms with E-state index in [9.17, 15) is 19.7 Å². The van der Waals surface area contributed by atoms with Crippen LogP contribution in [0.4, 0.5) is 5.69 Å². The Morgan fingerprint density at radius 2 is 1.89 bits per heavy atom. The Kier molecular flexibility index (Phi) is 7.54. The number of nitrogens with two attached hydrogens (primary N) is 1. The quantitative estimate of drug-likeness (QED) is 0.377. The highest BCUT2D eigenvalue weighted by Gasteiger charge is 2.24. The van der Waals surface area contributed by atoms with Gasteiger partial charge < -0.3 is 11.1 Å². The van der Waals surface area contributed by atoms with Crippen LogP contribution >= 0.6 is 11.8 Å². The molecule has 0 saturated heterocycles. The van der Waals surface area contributed by atoms with E-state index in [1.165, 1.54) is 23.9 Å². The Bertz CT molecular complexity index is 909. The van der Waals surface area contributed by atoms with Crippen molar-refractivity contribution in [3.63, 3.8) is 0 Å². The molecular formula is C19H18N4O4S. The molecule has 0 fully saturated rings. The van der Waals surface area contributed by atoms with E-state index in [2.05, 4.69) is 5.32 Å². The number of primary amides is 1. The van der Waals surface area contributed by atoms with Crippen LogP contribution in [0.25, 0.3) is 0 Å². The maximum Gasteiger partial charge on any atom is 0.269 e. The number of non-ortho nitro benzene ring substituents is 1. The number of nitriles is 1. The normalized spacial score (nSPS) is 11.2. The summed E-state index contributed by atoms with van der Waals surface area (Å²) in [5.41, 5.74) is 7.07. The molecule has 2 aromatic rings. The zero-order valence-corrected chi connectivity index (χ0v) is 15.6. The number of nitro groups is 1. The number of nitrogens with one attached hydrogen (secondary N) is 1. The van der Waals surface area contributed by atoms with E-state index < -0.39 is 16.7 Å². The zero-order valence-electron chi connectivity index (χ0n) is 14.8. The summed E-state index contributed by atoms with van der Waals surface area (Å²) in [5.74, 6) is -0.794. The van der Waals surface area contributed by atoms with E-state index in [1.54, 1.807) is 36.4 Å². The molecule has 1 atom stereocenters. The molecule has 9 heteroatoms. The van der Waals surface area contributed by atoms with Crippen LogP contribution in [-0.4, -0.2) is 29.0 Å². The zero-order chi connectivity index (χ0) is 20.5. The lowest BCUT2D eigenvalue weighted by Gasteiger charge is -2.18. The average Bonchev–Trinajstić information content (AvgIpc) is 2.69. The molecule has 28 heavy (non-hydrogen) atoms.